The summed E-state index contributed by atoms with van der Waals surface area (Å²) in [6, 6.07) is 8.17. The van der Waals surface area contributed by atoms with E-state index < -0.39 is 0 Å². The molecule has 1 aliphatic rings. The summed E-state index contributed by atoms with van der Waals surface area (Å²) >= 11 is 0. The van der Waals surface area contributed by atoms with Crippen molar-refractivity contribution in [1.29, 1.82) is 0 Å². The fourth-order valence-electron chi connectivity index (χ4n) is 2.58. The molecule has 2 aromatic rings. The number of amides is 1. The SMILES string of the molecule is Cc1cc(F)ccc1C(=O)N1CCc2ncccc2C1. The Bertz CT molecular complexity index is 669. The van der Waals surface area contributed by atoms with Crippen molar-refractivity contribution in [3.63, 3.8) is 0 Å². The van der Waals surface area contributed by atoms with E-state index in [-0.39, 0.29) is 11.7 Å². The lowest BCUT2D eigenvalue weighted by molar-refractivity contribution is 0.0732. The zero-order valence-corrected chi connectivity index (χ0v) is 11.3. The first-order valence-electron chi connectivity index (χ1n) is 6.63. The van der Waals surface area contributed by atoms with E-state index in [2.05, 4.69) is 4.98 Å². The van der Waals surface area contributed by atoms with E-state index in [1.165, 1.54) is 12.1 Å². The summed E-state index contributed by atoms with van der Waals surface area (Å²) in [5, 5.41) is 0. The van der Waals surface area contributed by atoms with Gasteiger partial charge in [0.1, 0.15) is 5.82 Å². The second-order valence-electron chi connectivity index (χ2n) is 5.05. The number of aromatic nitrogens is 1. The van der Waals surface area contributed by atoms with Gasteiger partial charge in [-0.25, -0.2) is 4.39 Å². The molecule has 1 amide bonds. The molecule has 1 aliphatic heterocycles. The van der Waals surface area contributed by atoms with Crippen molar-refractivity contribution >= 4 is 5.91 Å². The summed E-state index contributed by atoms with van der Waals surface area (Å²) in [7, 11) is 0. The van der Waals surface area contributed by atoms with Crippen molar-refractivity contribution in [2.45, 2.75) is 19.9 Å². The molecule has 0 bridgehead atoms. The third-order valence-corrected chi connectivity index (χ3v) is 3.67. The van der Waals surface area contributed by atoms with Crippen LogP contribution in [0.5, 0.6) is 0 Å². The van der Waals surface area contributed by atoms with Crippen molar-refractivity contribution in [1.82, 2.24) is 9.88 Å². The third kappa shape index (κ3) is 2.29. The molecule has 0 unspecified atom stereocenters. The highest BCUT2D eigenvalue weighted by Crippen LogP contribution is 2.20. The van der Waals surface area contributed by atoms with E-state index in [0.717, 1.165) is 17.7 Å². The molecule has 3 rings (SSSR count). The lowest BCUT2D eigenvalue weighted by Crippen LogP contribution is -2.36. The minimum absolute atomic E-state index is 0.0444. The minimum Gasteiger partial charge on any atom is -0.334 e. The molecule has 4 heteroatoms. The molecular weight excluding hydrogens is 255 g/mol. The Morgan fingerprint density at radius 2 is 2.20 bits per heavy atom. The van der Waals surface area contributed by atoms with Gasteiger partial charge in [-0.05, 0) is 42.3 Å². The van der Waals surface area contributed by atoms with Gasteiger partial charge in [0.15, 0.2) is 0 Å². The van der Waals surface area contributed by atoms with Gasteiger partial charge in [0.05, 0.1) is 0 Å². The first kappa shape index (κ1) is 12.8. The fraction of sp³-hybridized carbons (Fsp3) is 0.250. The van der Waals surface area contributed by atoms with Crippen LogP contribution < -0.4 is 0 Å². The predicted molar refractivity (Wildman–Crippen MR) is 73.8 cm³/mol. The first-order chi connectivity index (χ1) is 9.65. The van der Waals surface area contributed by atoms with Gasteiger partial charge in [-0.3, -0.25) is 9.78 Å². The number of carbonyl (C=O) groups is 1. The lowest BCUT2D eigenvalue weighted by Gasteiger charge is -2.28. The van der Waals surface area contributed by atoms with E-state index in [9.17, 15) is 9.18 Å². The predicted octanol–water partition coefficient (Wildman–Crippen LogP) is 2.73. The summed E-state index contributed by atoms with van der Waals surface area (Å²) in [5.74, 6) is -0.357. The van der Waals surface area contributed by atoms with Crippen molar-refractivity contribution in [2.24, 2.45) is 0 Å². The molecule has 0 saturated carbocycles. The Morgan fingerprint density at radius 1 is 1.35 bits per heavy atom. The van der Waals surface area contributed by atoms with Crippen LogP contribution in [0.3, 0.4) is 0 Å². The van der Waals surface area contributed by atoms with Crippen LogP contribution in [0.2, 0.25) is 0 Å². The summed E-state index contributed by atoms with van der Waals surface area (Å²) < 4.78 is 13.1. The maximum absolute atomic E-state index is 13.1. The highest BCUT2D eigenvalue weighted by atomic mass is 19.1. The van der Waals surface area contributed by atoms with Gasteiger partial charge in [0.2, 0.25) is 0 Å². The van der Waals surface area contributed by atoms with E-state index in [1.54, 1.807) is 24.1 Å². The van der Waals surface area contributed by atoms with E-state index in [0.29, 0.717) is 24.2 Å². The van der Waals surface area contributed by atoms with Crippen molar-refractivity contribution in [2.75, 3.05) is 6.54 Å². The Balaban J connectivity index is 1.86. The molecule has 2 heterocycles. The Morgan fingerprint density at radius 3 is 3.00 bits per heavy atom. The average Bonchev–Trinajstić information content (AvgIpc) is 2.46. The third-order valence-electron chi connectivity index (χ3n) is 3.67. The topological polar surface area (TPSA) is 33.2 Å². The van der Waals surface area contributed by atoms with Crippen LogP contribution in [0.15, 0.2) is 36.5 Å². The molecule has 0 spiro atoms. The highest BCUT2D eigenvalue weighted by molar-refractivity contribution is 5.95. The maximum Gasteiger partial charge on any atom is 0.254 e. The van der Waals surface area contributed by atoms with E-state index >= 15 is 0 Å². The standard InChI is InChI=1S/C16H15FN2O/c1-11-9-13(17)4-5-14(11)16(20)19-8-6-15-12(10-19)3-2-7-18-15/h2-5,7,9H,6,8,10H2,1H3. The quantitative estimate of drug-likeness (QED) is 0.798. The number of pyridine rings is 1. The number of rotatable bonds is 1. The van der Waals surface area contributed by atoms with Gasteiger partial charge in [-0.2, -0.15) is 0 Å². The molecule has 20 heavy (non-hydrogen) atoms. The average molecular weight is 270 g/mol. The van der Waals surface area contributed by atoms with Crippen LogP contribution in [0.4, 0.5) is 4.39 Å². The second-order valence-corrected chi connectivity index (χ2v) is 5.05. The molecule has 1 aromatic heterocycles. The number of nitrogens with zero attached hydrogens (tertiary/aromatic N) is 2. The maximum atomic E-state index is 13.1. The fourth-order valence-corrected chi connectivity index (χ4v) is 2.58. The van der Waals surface area contributed by atoms with Gasteiger partial charge in [0.25, 0.3) is 5.91 Å². The molecule has 0 atom stereocenters. The number of hydrogen-bond acceptors (Lipinski definition) is 2. The summed E-state index contributed by atoms with van der Waals surface area (Å²) in [4.78, 5) is 18.6. The van der Waals surface area contributed by atoms with Gasteiger partial charge in [-0.1, -0.05) is 6.07 Å². The molecule has 0 fully saturated rings. The van der Waals surface area contributed by atoms with Crippen LogP contribution in [0, 0.1) is 12.7 Å². The molecule has 102 valence electrons. The Hall–Kier alpha value is -2.23. The molecular formula is C16H15FN2O. The summed E-state index contributed by atoms with van der Waals surface area (Å²) in [6.07, 6.45) is 2.54. The van der Waals surface area contributed by atoms with E-state index in [1.807, 2.05) is 12.1 Å². The molecule has 0 saturated heterocycles. The van der Waals surface area contributed by atoms with Gasteiger partial charge in [0, 0.05) is 37.0 Å². The molecule has 3 nitrogen and oxygen atoms in total. The van der Waals surface area contributed by atoms with E-state index in [4.69, 9.17) is 0 Å². The van der Waals surface area contributed by atoms with Gasteiger partial charge < -0.3 is 4.90 Å². The number of aryl methyl sites for hydroxylation is 1. The monoisotopic (exact) mass is 270 g/mol. The Kier molecular flexibility index (Phi) is 3.22. The zero-order valence-electron chi connectivity index (χ0n) is 11.3. The van der Waals surface area contributed by atoms with Crippen LogP contribution in [0.1, 0.15) is 27.2 Å². The number of fused-ring (bicyclic) bond motifs is 1. The number of halogens is 1. The Labute approximate surface area is 117 Å². The summed E-state index contributed by atoms with van der Waals surface area (Å²) in [5.41, 5.74) is 3.39. The van der Waals surface area contributed by atoms with Crippen LogP contribution >= 0.6 is 0 Å². The number of carbonyl (C=O) groups excluding carboxylic acids is 1. The minimum atomic E-state index is -0.313. The van der Waals surface area contributed by atoms with Crippen molar-refractivity contribution in [3.8, 4) is 0 Å². The van der Waals surface area contributed by atoms with Crippen molar-refractivity contribution < 1.29 is 9.18 Å². The molecule has 0 N–H and O–H groups in total. The number of benzene rings is 1. The normalized spacial score (nSPS) is 14.0. The first-order valence-corrected chi connectivity index (χ1v) is 6.63. The van der Waals surface area contributed by atoms with Crippen LogP contribution in [-0.2, 0) is 13.0 Å². The van der Waals surface area contributed by atoms with Crippen LogP contribution in [0.25, 0.3) is 0 Å². The second kappa shape index (κ2) is 5.04. The van der Waals surface area contributed by atoms with Crippen molar-refractivity contribution in [3.05, 3.63) is 64.7 Å². The molecule has 0 radical (unpaired) electrons. The number of hydrogen-bond donors (Lipinski definition) is 0. The lowest BCUT2D eigenvalue weighted by atomic mass is 10.0. The molecule has 0 aliphatic carbocycles. The van der Waals surface area contributed by atoms with Crippen LogP contribution in [-0.4, -0.2) is 22.3 Å². The molecule has 1 aromatic carbocycles. The largest absolute Gasteiger partial charge is 0.334 e. The van der Waals surface area contributed by atoms with Gasteiger partial charge >= 0.3 is 0 Å². The summed E-state index contributed by atoms with van der Waals surface area (Å²) in [6.45, 7) is 2.98. The zero-order chi connectivity index (χ0) is 14.1. The van der Waals surface area contributed by atoms with Gasteiger partial charge in [-0.15, -0.1) is 0 Å². The smallest absolute Gasteiger partial charge is 0.254 e. The highest BCUT2D eigenvalue weighted by Gasteiger charge is 2.23.